The number of carbonyl (C=O) groups is 1. The number of methoxy groups -OCH3 is 1. The average Bonchev–Trinajstić information content (AvgIpc) is 2.19. The summed E-state index contributed by atoms with van der Waals surface area (Å²) < 4.78 is 4.84. The fraction of sp³-hybridized carbons (Fsp3) is 0.375. The lowest BCUT2D eigenvalue weighted by molar-refractivity contribution is 0.111. The molecule has 1 N–H and O–H groups in total. The molecule has 13 heavy (non-hydrogen) atoms. The summed E-state index contributed by atoms with van der Waals surface area (Å²) in [4.78, 5) is 18.0. The molecule has 0 radical (unpaired) electrons. The third-order valence-corrected chi connectivity index (χ3v) is 1.42. The Bertz CT molecular complexity index is 278. The van der Waals surface area contributed by atoms with Crippen LogP contribution in [-0.4, -0.2) is 36.5 Å². The molecule has 0 aliphatic carbocycles. The minimum Gasteiger partial charge on any atom is -0.383 e. The first-order chi connectivity index (χ1) is 6.36. The van der Waals surface area contributed by atoms with Gasteiger partial charge >= 0.3 is 0 Å². The lowest BCUT2D eigenvalue weighted by Crippen LogP contribution is -2.09. The number of hydrogen-bond acceptors (Lipinski definition) is 5. The van der Waals surface area contributed by atoms with E-state index in [0.717, 1.165) is 0 Å². The highest BCUT2D eigenvalue weighted by Crippen LogP contribution is 2.00. The van der Waals surface area contributed by atoms with Crippen molar-refractivity contribution in [3.05, 3.63) is 18.1 Å². The first kappa shape index (κ1) is 9.60. The summed E-state index contributed by atoms with van der Waals surface area (Å²) in [5.41, 5.74) is 0.370. The highest BCUT2D eigenvalue weighted by Gasteiger charge is 1.95. The molecule has 0 spiro atoms. The number of aromatic nitrogens is 2. The molecule has 1 aromatic rings. The number of ether oxygens (including phenoxy) is 1. The molecule has 0 aromatic carbocycles. The molecule has 5 nitrogen and oxygen atoms in total. The normalized spacial score (nSPS) is 9.62. The summed E-state index contributed by atoms with van der Waals surface area (Å²) in [7, 11) is 1.62. The molecule has 1 heterocycles. The predicted molar refractivity (Wildman–Crippen MR) is 47.8 cm³/mol. The van der Waals surface area contributed by atoms with E-state index in [-0.39, 0.29) is 0 Å². The van der Waals surface area contributed by atoms with Crippen molar-refractivity contribution in [3.63, 3.8) is 0 Å². The number of carbonyl (C=O) groups excluding carboxylic acids is 1. The van der Waals surface area contributed by atoms with Crippen LogP contribution in [0.1, 0.15) is 10.5 Å². The number of nitrogens with one attached hydrogen (secondary N) is 1. The minimum atomic E-state index is 0.370. The number of hydrogen-bond donors (Lipinski definition) is 1. The molecule has 0 unspecified atom stereocenters. The van der Waals surface area contributed by atoms with Gasteiger partial charge in [-0.1, -0.05) is 0 Å². The van der Waals surface area contributed by atoms with Crippen LogP contribution >= 0.6 is 0 Å². The third-order valence-electron chi connectivity index (χ3n) is 1.42. The van der Waals surface area contributed by atoms with Gasteiger partial charge in [0.25, 0.3) is 0 Å². The van der Waals surface area contributed by atoms with Crippen LogP contribution in [0.4, 0.5) is 5.82 Å². The summed E-state index contributed by atoms with van der Waals surface area (Å²) in [5, 5.41) is 2.99. The molecule has 0 aliphatic heterocycles. The van der Waals surface area contributed by atoms with Crippen molar-refractivity contribution in [3.8, 4) is 0 Å². The van der Waals surface area contributed by atoms with Gasteiger partial charge in [0.1, 0.15) is 17.8 Å². The molecular formula is C8H11N3O2. The zero-order chi connectivity index (χ0) is 9.52. The largest absolute Gasteiger partial charge is 0.383 e. The Morgan fingerprint density at radius 2 is 2.46 bits per heavy atom. The molecule has 5 heteroatoms. The summed E-state index contributed by atoms with van der Waals surface area (Å²) in [6, 6.07) is 1.59. The zero-order valence-electron chi connectivity index (χ0n) is 7.36. The van der Waals surface area contributed by atoms with Crippen molar-refractivity contribution in [1.29, 1.82) is 0 Å². The quantitative estimate of drug-likeness (QED) is 0.524. The summed E-state index contributed by atoms with van der Waals surface area (Å²) >= 11 is 0. The molecule has 0 bridgehead atoms. The van der Waals surface area contributed by atoms with E-state index in [2.05, 4.69) is 15.3 Å². The molecule has 1 rings (SSSR count). The van der Waals surface area contributed by atoms with Crippen molar-refractivity contribution >= 4 is 12.1 Å². The van der Waals surface area contributed by atoms with Gasteiger partial charge < -0.3 is 10.1 Å². The van der Waals surface area contributed by atoms with Gasteiger partial charge in [0.2, 0.25) is 0 Å². The number of nitrogens with zero attached hydrogens (tertiary/aromatic N) is 2. The summed E-state index contributed by atoms with van der Waals surface area (Å²) in [6.45, 7) is 1.26. The van der Waals surface area contributed by atoms with Crippen LogP contribution in [0.5, 0.6) is 0 Å². The van der Waals surface area contributed by atoms with Crippen LogP contribution in [0.3, 0.4) is 0 Å². The highest BCUT2D eigenvalue weighted by atomic mass is 16.5. The van der Waals surface area contributed by atoms with Crippen LogP contribution < -0.4 is 5.32 Å². The Balaban J connectivity index is 2.51. The molecule has 0 atom stereocenters. The van der Waals surface area contributed by atoms with E-state index in [1.54, 1.807) is 13.2 Å². The molecule has 70 valence electrons. The number of anilines is 1. The fourth-order valence-corrected chi connectivity index (χ4v) is 0.815. The van der Waals surface area contributed by atoms with E-state index in [9.17, 15) is 4.79 Å². The Morgan fingerprint density at radius 3 is 3.15 bits per heavy atom. The predicted octanol–water partition coefficient (Wildman–Crippen LogP) is 0.347. The zero-order valence-corrected chi connectivity index (χ0v) is 7.36. The molecule has 0 saturated heterocycles. The maximum atomic E-state index is 10.3. The van der Waals surface area contributed by atoms with Crippen LogP contribution in [0.2, 0.25) is 0 Å². The topological polar surface area (TPSA) is 64.1 Å². The van der Waals surface area contributed by atoms with E-state index in [1.165, 1.54) is 6.33 Å². The van der Waals surface area contributed by atoms with Crippen LogP contribution in [0.25, 0.3) is 0 Å². The molecule has 0 saturated carbocycles. The van der Waals surface area contributed by atoms with E-state index >= 15 is 0 Å². The Morgan fingerprint density at radius 1 is 1.62 bits per heavy atom. The van der Waals surface area contributed by atoms with Gasteiger partial charge in [-0.2, -0.15) is 0 Å². The Kier molecular flexibility index (Phi) is 3.84. The van der Waals surface area contributed by atoms with Gasteiger partial charge in [-0.25, -0.2) is 9.97 Å². The highest BCUT2D eigenvalue weighted by molar-refractivity contribution is 5.72. The maximum Gasteiger partial charge on any atom is 0.168 e. The van der Waals surface area contributed by atoms with Crippen LogP contribution in [-0.2, 0) is 4.74 Å². The van der Waals surface area contributed by atoms with Crippen molar-refractivity contribution in [2.24, 2.45) is 0 Å². The van der Waals surface area contributed by atoms with Gasteiger partial charge in [0.15, 0.2) is 6.29 Å². The van der Waals surface area contributed by atoms with E-state index in [4.69, 9.17) is 4.74 Å². The van der Waals surface area contributed by atoms with Gasteiger partial charge in [-0.3, -0.25) is 4.79 Å². The van der Waals surface area contributed by atoms with Gasteiger partial charge in [-0.15, -0.1) is 0 Å². The first-order valence-electron chi connectivity index (χ1n) is 3.87. The molecule has 0 aliphatic rings. The summed E-state index contributed by atoms with van der Waals surface area (Å²) in [5.74, 6) is 0.633. The molecule has 1 aromatic heterocycles. The maximum absolute atomic E-state index is 10.3. The van der Waals surface area contributed by atoms with Crippen molar-refractivity contribution in [1.82, 2.24) is 9.97 Å². The second-order valence-electron chi connectivity index (χ2n) is 2.37. The van der Waals surface area contributed by atoms with Crippen LogP contribution in [0.15, 0.2) is 12.4 Å². The smallest absolute Gasteiger partial charge is 0.168 e. The molecule has 0 amide bonds. The Labute approximate surface area is 76.2 Å². The van der Waals surface area contributed by atoms with Gasteiger partial charge in [-0.05, 0) is 0 Å². The summed E-state index contributed by atoms with van der Waals surface area (Å²) in [6.07, 6.45) is 2.03. The van der Waals surface area contributed by atoms with Crippen molar-refractivity contribution in [2.75, 3.05) is 25.6 Å². The minimum absolute atomic E-state index is 0.370. The molecular weight excluding hydrogens is 170 g/mol. The second kappa shape index (κ2) is 5.21. The van der Waals surface area contributed by atoms with Gasteiger partial charge in [0.05, 0.1) is 6.61 Å². The fourth-order valence-electron chi connectivity index (χ4n) is 0.815. The number of aldehydes is 1. The lowest BCUT2D eigenvalue weighted by Gasteiger charge is -2.03. The van der Waals surface area contributed by atoms with Crippen molar-refractivity contribution < 1.29 is 9.53 Å². The first-order valence-corrected chi connectivity index (χ1v) is 3.87. The van der Waals surface area contributed by atoms with E-state index < -0.39 is 0 Å². The van der Waals surface area contributed by atoms with Gasteiger partial charge in [0, 0.05) is 19.7 Å². The second-order valence-corrected chi connectivity index (χ2v) is 2.37. The molecule has 0 fully saturated rings. The average molecular weight is 181 g/mol. The SMILES string of the molecule is COCCNc1cc(C=O)ncn1. The van der Waals surface area contributed by atoms with E-state index in [1.807, 2.05) is 0 Å². The lowest BCUT2D eigenvalue weighted by atomic mass is 10.4. The number of rotatable bonds is 5. The Hall–Kier alpha value is -1.49. The van der Waals surface area contributed by atoms with E-state index in [0.29, 0.717) is 30.9 Å². The monoisotopic (exact) mass is 181 g/mol. The van der Waals surface area contributed by atoms with Crippen LogP contribution in [0, 0.1) is 0 Å². The third kappa shape index (κ3) is 3.16. The standard InChI is InChI=1S/C8H11N3O2/c1-13-3-2-9-8-4-7(5-12)10-6-11-8/h4-6H,2-3H2,1H3,(H,9,10,11). The van der Waals surface area contributed by atoms with Crippen molar-refractivity contribution in [2.45, 2.75) is 0 Å².